The van der Waals surface area contributed by atoms with Gasteiger partial charge in [0.15, 0.2) is 0 Å². The van der Waals surface area contributed by atoms with Crippen LogP contribution in [0.5, 0.6) is 0 Å². The second kappa shape index (κ2) is 2.66. The molecule has 1 radical (unpaired) electrons. The van der Waals surface area contributed by atoms with Gasteiger partial charge in [-0.15, -0.1) is 0 Å². The van der Waals surface area contributed by atoms with Gasteiger partial charge in [-0.2, -0.15) is 0 Å². The minimum absolute atomic E-state index is 0.735. The van der Waals surface area contributed by atoms with Gasteiger partial charge in [0.2, 0.25) is 0 Å². The number of rotatable bonds is 2. The minimum Gasteiger partial charge on any atom is -0.311 e. The summed E-state index contributed by atoms with van der Waals surface area (Å²) in [5.41, 5.74) is -1.02. The molecule has 3 nitrogen and oxygen atoms in total. The average Bonchev–Trinajstić information content (AvgIpc) is 1.63. The van der Waals surface area contributed by atoms with E-state index in [2.05, 4.69) is 0 Å². The summed E-state index contributed by atoms with van der Waals surface area (Å²) < 4.78 is 11.8. The number of hydrogen-bond acceptors (Lipinski definition) is 1. The Labute approximate surface area is 52.9 Å². The predicted octanol–water partition coefficient (Wildman–Crippen LogP) is 0.875. The van der Waals surface area contributed by atoms with Gasteiger partial charge in [-0.3, -0.25) is 0 Å². The molecule has 0 aromatic heterocycles. The van der Waals surface area contributed by atoms with Gasteiger partial charge in [0.1, 0.15) is 6.67 Å². The SMILES string of the molecule is CC(C)(CF)NC([O])=O. The van der Waals surface area contributed by atoms with Crippen LogP contribution in [0.25, 0.3) is 0 Å². The van der Waals surface area contributed by atoms with Crippen LogP contribution in [0.15, 0.2) is 0 Å². The molecule has 9 heavy (non-hydrogen) atoms. The van der Waals surface area contributed by atoms with E-state index in [0.29, 0.717) is 0 Å². The monoisotopic (exact) mass is 134 g/mol. The van der Waals surface area contributed by atoms with Crippen molar-refractivity contribution in [1.29, 1.82) is 0 Å². The van der Waals surface area contributed by atoms with E-state index in [9.17, 15) is 14.3 Å². The van der Waals surface area contributed by atoms with Crippen LogP contribution < -0.4 is 5.32 Å². The predicted molar refractivity (Wildman–Crippen MR) is 29.3 cm³/mol. The Morgan fingerprint density at radius 2 is 2.11 bits per heavy atom. The zero-order chi connectivity index (χ0) is 7.49. The van der Waals surface area contributed by atoms with E-state index in [1.54, 1.807) is 0 Å². The molecule has 0 aromatic carbocycles. The molecule has 0 fully saturated rings. The molecule has 0 spiro atoms. The van der Waals surface area contributed by atoms with Crippen molar-refractivity contribution in [1.82, 2.24) is 5.32 Å². The van der Waals surface area contributed by atoms with Crippen molar-refractivity contribution in [2.24, 2.45) is 0 Å². The highest BCUT2D eigenvalue weighted by Gasteiger charge is 2.19. The summed E-state index contributed by atoms with van der Waals surface area (Å²) in [5, 5.41) is 11.7. The fraction of sp³-hybridized carbons (Fsp3) is 0.800. The first-order chi connectivity index (χ1) is 3.98. The first-order valence-corrected chi connectivity index (χ1v) is 2.53. The van der Waals surface area contributed by atoms with E-state index in [1.807, 2.05) is 5.32 Å². The molecule has 0 rings (SSSR count). The molecule has 0 saturated carbocycles. The molecule has 53 valence electrons. The summed E-state index contributed by atoms with van der Waals surface area (Å²) in [5.74, 6) is 0. The fourth-order valence-corrected chi connectivity index (χ4v) is 0.310. The Hall–Kier alpha value is -0.800. The van der Waals surface area contributed by atoms with Crippen LogP contribution >= 0.6 is 0 Å². The summed E-state index contributed by atoms with van der Waals surface area (Å²) in [7, 11) is 0. The molecular weight excluding hydrogens is 125 g/mol. The van der Waals surface area contributed by atoms with Crippen LogP contribution in [-0.2, 0) is 5.11 Å². The van der Waals surface area contributed by atoms with Crippen LogP contribution in [0, 0.1) is 0 Å². The highest BCUT2D eigenvalue weighted by molar-refractivity contribution is 5.64. The Morgan fingerprint density at radius 1 is 1.67 bits per heavy atom. The third kappa shape index (κ3) is 3.76. The van der Waals surface area contributed by atoms with Crippen LogP contribution in [0.4, 0.5) is 9.18 Å². The van der Waals surface area contributed by atoms with Gasteiger partial charge >= 0.3 is 6.09 Å². The van der Waals surface area contributed by atoms with Gasteiger partial charge < -0.3 is 5.32 Å². The average molecular weight is 134 g/mol. The van der Waals surface area contributed by atoms with Crippen LogP contribution in [0.2, 0.25) is 0 Å². The van der Waals surface area contributed by atoms with E-state index in [-0.39, 0.29) is 0 Å². The molecule has 0 saturated heterocycles. The van der Waals surface area contributed by atoms with Gasteiger partial charge in [-0.1, -0.05) is 0 Å². The number of amides is 1. The smallest absolute Gasteiger partial charge is 0.311 e. The number of alkyl halides is 1. The van der Waals surface area contributed by atoms with Crippen LogP contribution in [0.1, 0.15) is 13.8 Å². The number of carbonyl (C=O) groups excluding carboxylic acids is 1. The van der Waals surface area contributed by atoms with E-state index in [4.69, 9.17) is 0 Å². The molecule has 0 aliphatic rings. The molecular formula is C5H9FNO2. The minimum atomic E-state index is -1.45. The molecule has 1 N–H and O–H groups in total. The second-order valence-electron chi connectivity index (χ2n) is 2.43. The van der Waals surface area contributed by atoms with Gasteiger partial charge in [-0.25, -0.2) is 14.3 Å². The number of hydrogen-bond donors (Lipinski definition) is 1. The standard InChI is InChI=1S/C5H9FNO2/c1-5(2,3-6)7-4(8)9/h7H,3H2,1-2H3. The van der Waals surface area contributed by atoms with Gasteiger partial charge in [0.25, 0.3) is 0 Å². The topological polar surface area (TPSA) is 49.0 Å². The third-order valence-electron chi connectivity index (χ3n) is 0.775. The van der Waals surface area contributed by atoms with Crippen molar-refractivity contribution < 1.29 is 14.3 Å². The number of nitrogens with one attached hydrogen (secondary N) is 1. The normalized spacial score (nSPS) is 11.0. The molecule has 4 heteroatoms. The van der Waals surface area contributed by atoms with E-state index in [0.717, 1.165) is 0 Å². The molecule has 0 bridgehead atoms. The van der Waals surface area contributed by atoms with Gasteiger partial charge in [0, 0.05) is 0 Å². The van der Waals surface area contributed by atoms with E-state index in [1.165, 1.54) is 13.8 Å². The fourth-order valence-electron chi connectivity index (χ4n) is 0.310. The lowest BCUT2D eigenvalue weighted by Crippen LogP contribution is -2.43. The summed E-state index contributed by atoms with van der Waals surface area (Å²) in [4.78, 5) is 9.78. The lowest BCUT2D eigenvalue weighted by molar-refractivity contribution is 0.151. The van der Waals surface area contributed by atoms with Crippen molar-refractivity contribution in [2.45, 2.75) is 19.4 Å². The maximum Gasteiger partial charge on any atom is 0.451 e. The Bertz CT molecular complexity index is 114. The lowest BCUT2D eigenvalue weighted by atomic mass is 10.1. The summed E-state index contributed by atoms with van der Waals surface area (Å²) in [6, 6.07) is 0. The largest absolute Gasteiger partial charge is 0.451 e. The second-order valence-corrected chi connectivity index (χ2v) is 2.43. The Morgan fingerprint density at radius 3 is 2.22 bits per heavy atom. The molecule has 0 aromatic rings. The summed E-state index contributed by atoms with van der Waals surface area (Å²) >= 11 is 0. The molecule has 1 amide bonds. The third-order valence-corrected chi connectivity index (χ3v) is 0.775. The Kier molecular flexibility index (Phi) is 2.42. The number of halogens is 1. The zero-order valence-corrected chi connectivity index (χ0v) is 5.40. The summed E-state index contributed by atoms with van der Waals surface area (Å²) in [6.45, 7) is 2.13. The van der Waals surface area contributed by atoms with E-state index < -0.39 is 18.3 Å². The van der Waals surface area contributed by atoms with Crippen molar-refractivity contribution in [3.05, 3.63) is 0 Å². The van der Waals surface area contributed by atoms with Crippen molar-refractivity contribution in [2.75, 3.05) is 6.67 Å². The molecule has 0 aliphatic carbocycles. The first kappa shape index (κ1) is 8.20. The quantitative estimate of drug-likeness (QED) is 0.598. The highest BCUT2D eigenvalue weighted by Crippen LogP contribution is 2.00. The van der Waals surface area contributed by atoms with Crippen molar-refractivity contribution >= 4 is 6.09 Å². The van der Waals surface area contributed by atoms with Gasteiger partial charge in [0.05, 0.1) is 5.54 Å². The Balaban J connectivity index is 3.71. The maximum atomic E-state index is 11.8. The summed E-state index contributed by atoms with van der Waals surface area (Å²) in [6.07, 6.45) is -1.45. The molecule has 0 atom stereocenters. The van der Waals surface area contributed by atoms with Crippen molar-refractivity contribution in [3.63, 3.8) is 0 Å². The zero-order valence-electron chi connectivity index (χ0n) is 5.40. The first-order valence-electron chi connectivity index (χ1n) is 2.53. The molecule has 0 aliphatic heterocycles. The van der Waals surface area contributed by atoms with Crippen molar-refractivity contribution in [3.8, 4) is 0 Å². The number of carbonyl (C=O) groups is 1. The van der Waals surface area contributed by atoms with E-state index >= 15 is 0 Å². The van der Waals surface area contributed by atoms with Crippen LogP contribution in [0.3, 0.4) is 0 Å². The molecule has 0 heterocycles. The molecule has 0 unspecified atom stereocenters. The van der Waals surface area contributed by atoms with Crippen LogP contribution in [-0.4, -0.2) is 18.3 Å². The lowest BCUT2D eigenvalue weighted by Gasteiger charge is -2.18. The maximum absolute atomic E-state index is 11.8. The highest BCUT2D eigenvalue weighted by atomic mass is 19.1. The van der Waals surface area contributed by atoms with Gasteiger partial charge in [-0.05, 0) is 13.8 Å².